The van der Waals surface area contributed by atoms with Crippen molar-refractivity contribution in [3.63, 3.8) is 0 Å². The van der Waals surface area contributed by atoms with Gasteiger partial charge in [0.05, 0.1) is 14.2 Å². The van der Waals surface area contributed by atoms with Crippen molar-refractivity contribution in [2.75, 3.05) is 14.2 Å². The maximum Gasteiger partial charge on any atom is 0.396 e. The van der Waals surface area contributed by atoms with Crippen molar-refractivity contribution in [1.29, 1.82) is 0 Å². The average molecular weight is 223 g/mol. The molecular formula is C11H13NO4. The Morgan fingerprint density at radius 2 is 2.06 bits per heavy atom. The number of methoxy groups -OCH3 is 2. The molecule has 0 saturated carbocycles. The molecule has 0 aliphatic rings. The predicted octanol–water partition coefficient (Wildman–Crippen LogP) is 0.484. The largest absolute Gasteiger partial charge is 0.497 e. The lowest BCUT2D eigenvalue weighted by atomic mass is 10.2. The molecular weight excluding hydrogens is 210 g/mol. The summed E-state index contributed by atoms with van der Waals surface area (Å²) >= 11 is 0. The number of ether oxygens (including phenoxy) is 2. The van der Waals surface area contributed by atoms with Crippen LogP contribution in [-0.2, 0) is 20.9 Å². The molecule has 0 saturated heterocycles. The lowest BCUT2D eigenvalue weighted by Crippen LogP contribution is -2.31. The van der Waals surface area contributed by atoms with Crippen molar-refractivity contribution in [2.24, 2.45) is 0 Å². The molecule has 0 unspecified atom stereocenters. The molecule has 0 heterocycles. The molecule has 0 fully saturated rings. The van der Waals surface area contributed by atoms with Gasteiger partial charge in [-0.15, -0.1) is 0 Å². The van der Waals surface area contributed by atoms with E-state index in [0.717, 1.165) is 12.7 Å². The highest BCUT2D eigenvalue weighted by Gasteiger charge is 2.12. The van der Waals surface area contributed by atoms with Crippen molar-refractivity contribution < 1.29 is 19.1 Å². The molecule has 86 valence electrons. The lowest BCUT2D eigenvalue weighted by molar-refractivity contribution is -0.152. The van der Waals surface area contributed by atoms with Crippen LogP contribution in [-0.4, -0.2) is 26.1 Å². The number of hydrogen-bond donors (Lipinski definition) is 1. The van der Waals surface area contributed by atoms with Crippen LogP contribution in [0.3, 0.4) is 0 Å². The van der Waals surface area contributed by atoms with Gasteiger partial charge in [0.1, 0.15) is 5.75 Å². The first-order valence-electron chi connectivity index (χ1n) is 4.66. The van der Waals surface area contributed by atoms with Gasteiger partial charge in [-0.3, -0.25) is 4.79 Å². The minimum absolute atomic E-state index is 0.255. The molecule has 0 aromatic heterocycles. The average Bonchev–Trinajstić information content (AvgIpc) is 2.35. The molecule has 0 radical (unpaired) electrons. The second-order valence-electron chi connectivity index (χ2n) is 3.03. The van der Waals surface area contributed by atoms with E-state index in [2.05, 4.69) is 10.1 Å². The van der Waals surface area contributed by atoms with Gasteiger partial charge in [-0.1, -0.05) is 12.1 Å². The number of carbonyl (C=O) groups excluding carboxylic acids is 2. The number of carbonyl (C=O) groups is 2. The van der Waals surface area contributed by atoms with E-state index in [1.54, 1.807) is 25.3 Å². The highest BCUT2D eigenvalue weighted by Crippen LogP contribution is 2.11. The molecule has 0 aliphatic carbocycles. The molecule has 1 amide bonds. The Balaban J connectivity index is 2.54. The minimum atomic E-state index is -0.900. The van der Waals surface area contributed by atoms with Crippen molar-refractivity contribution in [1.82, 2.24) is 5.32 Å². The van der Waals surface area contributed by atoms with Gasteiger partial charge < -0.3 is 14.8 Å². The van der Waals surface area contributed by atoms with Crippen molar-refractivity contribution >= 4 is 11.9 Å². The normalized spacial score (nSPS) is 9.38. The molecule has 0 aliphatic heterocycles. The summed E-state index contributed by atoms with van der Waals surface area (Å²) in [6.07, 6.45) is 0. The van der Waals surface area contributed by atoms with E-state index >= 15 is 0 Å². The van der Waals surface area contributed by atoms with Gasteiger partial charge in [0, 0.05) is 6.54 Å². The third-order valence-corrected chi connectivity index (χ3v) is 1.96. The number of esters is 1. The Morgan fingerprint density at radius 3 is 2.69 bits per heavy atom. The summed E-state index contributed by atoms with van der Waals surface area (Å²) in [6.45, 7) is 0.255. The summed E-state index contributed by atoms with van der Waals surface area (Å²) in [5.74, 6) is -0.960. The third-order valence-electron chi connectivity index (χ3n) is 1.96. The summed E-state index contributed by atoms with van der Waals surface area (Å²) in [4.78, 5) is 21.9. The van der Waals surface area contributed by atoms with Gasteiger partial charge in [0.2, 0.25) is 0 Å². The first kappa shape index (κ1) is 12.0. The standard InChI is InChI=1S/C11H13NO4/c1-15-9-5-3-4-8(6-9)7-12-10(13)11(14)16-2/h3-6H,7H2,1-2H3,(H,12,13). The Kier molecular flexibility index (Phi) is 4.32. The monoisotopic (exact) mass is 223 g/mol. The maximum absolute atomic E-state index is 11.1. The smallest absolute Gasteiger partial charge is 0.396 e. The van der Waals surface area contributed by atoms with E-state index in [9.17, 15) is 9.59 Å². The number of nitrogens with one attached hydrogen (secondary N) is 1. The first-order valence-corrected chi connectivity index (χ1v) is 4.66. The van der Waals surface area contributed by atoms with Gasteiger partial charge >= 0.3 is 11.9 Å². The summed E-state index contributed by atoms with van der Waals surface area (Å²) in [6, 6.07) is 7.20. The Hall–Kier alpha value is -2.04. The van der Waals surface area contributed by atoms with Crippen LogP contribution in [0.25, 0.3) is 0 Å². The number of amides is 1. The van der Waals surface area contributed by atoms with Gasteiger partial charge in [0.25, 0.3) is 0 Å². The molecule has 5 nitrogen and oxygen atoms in total. The Morgan fingerprint density at radius 1 is 1.31 bits per heavy atom. The van der Waals surface area contributed by atoms with E-state index in [0.29, 0.717) is 5.75 Å². The number of benzene rings is 1. The molecule has 0 atom stereocenters. The van der Waals surface area contributed by atoms with Crippen molar-refractivity contribution in [3.8, 4) is 5.75 Å². The first-order chi connectivity index (χ1) is 7.67. The Labute approximate surface area is 93.4 Å². The molecule has 16 heavy (non-hydrogen) atoms. The molecule has 5 heteroatoms. The predicted molar refractivity (Wildman–Crippen MR) is 56.9 cm³/mol. The van der Waals surface area contributed by atoms with Gasteiger partial charge in [0.15, 0.2) is 0 Å². The van der Waals surface area contributed by atoms with E-state index in [4.69, 9.17) is 4.74 Å². The van der Waals surface area contributed by atoms with E-state index in [-0.39, 0.29) is 6.54 Å². The molecule has 1 N–H and O–H groups in total. The second kappa shape index (κ2) is 5.75. The van der Waals surface area contributed by atoms with Crippen LogP contribution in [0.2, 0.25) is 0 Å². The van der Waals surface area contributed by atoms with Crippen LogP contribution in [0.15, 0.2) is 24.3 Å². The van der Waals surface area contributed by atoms with Crippen LogP contribution >= 0.6 is 0 Å². The third kappa shape index (κ3) is 3.27. The molecule has 1 aromatic carbocycles. The maximum atomic E-state index is 11.1. The van der Waals surface area contributed by atoms with Crippen LogP contribution in [0.1, 0.15) is 5.56 Å². The molecule has 1 aromatic rings. The van der Waals surface area contributed by atoms with Gasteiger partial charge in [-0.05, 0) is 17.7 Å². The number of rotatable bonds is 3. The van der Waals surface area contributed by atoms with E-state index in [1.807, 2.05) is 6.07 Å². The summed E-state index contributed by atoms with van der Waals surface area (Å²) in [7, 11) is 2.72. The fraction of sp³-hybridized carbons (Fsp3) is 0.273. The van der Waals surface area contributed by atoms with Gasteiger partial charge in [-0.2, -0.15) is 0 Å². The topological polar surface area (TPSA) is 64.6 Å². The van der Waals surface area contributed by atoms with E-state index in [1.165, 1.54) is 0 Å². The van der Waals surface area contributed by atoms with Crippen LogP contribution in [0.4, 0.5) is 0 Å². The van der Waals surface area contributed by atoms with Crippen molar-refractivity contribution in [3.05, 3.63) is 29.8 Å². The summed E-state index contributed by atoms with van der Waals surface area (Å²) < 4.78 is 9.30. The van der Waals surface area contributed by atoms with Crippen LogP contribution in [0.5, 0.6) is 5.75 Å². The zero-order chi connectivity index (χ0) is 12.0. The van der Waals surface area contributed by atoms with E-state index < -0.39 is 11.9 Å². The summed E-state index contributed by atoms with van der Waals surface area (Å²) in [5, 5.41) is 2.43. The van der Waals surface area contributed by atoms with Crippen LogP contribution < -0.4 is 10.1 Å². The fourth-order valence-corrected chi connectivity index (χ4v) is 1.13. The summed E-state index contributed by atoms with van der Waals surface area (Å²) in [5.41, 5.74) is 0.844. The minimum Gasteiger partial charge on any atom is -0.497 e. The highest BCUT2D eigenvalue weighted by molar-refractivity contribution is 6.32. The van der Waals surface area contributed by atoms with Crippen LogP contribution in [0, 0.1) is 0 Å². The van der Waals surface area contributed by atoms with Gasteiger partial charge in [-0.25, -0.2) is 4.79 Å². The molecule has 0 spiro atoms. The Bertz CT molecular complexity index is 389. The highest BCUT2D eigenvalue weighted by atomic mass is 16.5. The quantitative estimate of drug-likeness (QED) is 0.598. The zero-order valence-electron chi connectivity index (χ0n) is 9.15. The molecule has 0 bridgehead atoms. The SMILES string of the molecule is COC(=O)C(=O)NCc1cccc(OC)c1. The zero-order valence-corrected chi connectivity index (χ0v) is 9.15. The fourth-order valence-electron chi connectivity index (χ4n) is 1.13. The molecule has 1 rings (SSSR count). The lowest BCUT2D eigenvalue weighted by Gasteiger charge is -2.05. The van der Waals surface area contributed by atoms with Crippen molar-refractivity contribution in [2.45, 2.75) is 6.54 Å². The second-order valence-corrected chi connectivity index (χ2v) is 3.03. The number of hydrogen-bond acceptors (Lipinski definition) is 4.